The minimum Gasteiger partial charge on any atom is -0.461 e. The molecule has 0 aromatic rings. The lowest BCUT2D eigenvalue weighted by molar-refractivity contribution is -0.136. The topological polar surface area (TPSA) is 65.0 Å². The first-order chi connectivity index (χ1) is 6.17. The van der Waals surface area contributed by atoms with E-state index in [-0.39, 0.29) is 24.5 Å². The number of rotatable bonds is 5. The minimum atomic E-state index is -0.740. The van der Waals surface area contributed by atoms with Crippen LogP contribution in [0.25, 0.3) is 0 Å². The van der Waals surface area contributed by atoms with Gasteiger partial charge in [0.2, 0.25) is 5.71 Å². The van der Waals surface area contributed by atoms with Crippen molar-refractivity contribution >= 4 is 17.5 Å². The minimum absolute atomic E-state index is 0.195. The maximum absolute atomic E-state index is 11.1. The molecule has 0 bridgehead atoms. The molecule has 13 heavy (non-hydrogen) atoms. The summed E-state index contributed by atoms with van der Waals surface area (Å²) in [6.07, 6.45) is 0.195. The molecule has 0 saturated carbocycles. The average molecular weight is 187 g/mol. The number of nitrogens with zero attached hydrogens (tertiary/aromatic N) is 1. The number of Topliss-reactive ketones (excluding diaryl/α,β-unsaturated/α-hetero) is 1. The summed E-state index contributed by atoms with van der Waals surface area (Å²) in [5.74, 6) is -1.13. The van der Waals surface area contributed by atoms with Crippen molar-refractivity contribution in [2.24, 2.45) is 5.16 Å². The standard InChI is InChI=1S/C8H13NO4/c1-4-6(10)7(9-12-3)8(11)13-5-2/h4-5H2,1-3H3/b9-7+. The molecule has 0 spiro atoms. The van der Waals surface area contributed by atoms with E-state index in [0.29, 0.717) is 0 Å². The van der Waals surface area contributed by atoms with Crippen molar-refractivity contribution in [2.75, 3.05) is 13.7 Å². The van der Waals surface area contributed by atoms with Gasteiger partial charge in [0, 0.05) is 6.42 Å². The molecule has 0 atom stereocenters. The van der Waals surface area contributed by atoms with Crippen LogP contribution in [-0.2, 0) is 19.2 Å². The van der Waals surface area contributed by atoms with Crippen LogP contribution in [0.5, 0.6) is 0 Å². The van der Waals surface area contributed by atoms with Gasteiger partial charge >= 0.3 is 5.97 Å². The highest BCUT2D eigenvalue weighted by atomic mass is 16.6. The maximum Gasteiger partial charge on any atom is 0.364 e. The lowest BCUT2D eigenvalue weighted by atomic mass is 10.2. The lowest BCUT2D eigenvalue weighted by Crippen LogP contribution is -2.26. The average Bonchev–Trinajstić information content (AvgIpc) is 2.13. The molecule has 0 rings (SSSR count). The van der Waals surface area contributed by atoms with E-state index in [2.05, 4.69) is 14.7 Å². The number of ether oxygens (including phenoxy) is 1. The highest BCUT2D eigenvalue weighted by Gasteiger charge is 2.20. The molecule has 0 N–H and O–H groups in total. The third-order valence-electron chi connectivity index (χ3n) is 1.24. The number of carbonyl (C=O) groups is 2. The Hall–Kier alpha value is -1.39. The Kier molecular flexibility index (Phi) is 5.50. The SMILES string of the molecule is CCOC(=O)/C(=N/OC)C(=O)CC. The summed E-state index contributed by atoms with van der Waals surface area (Å²) in [4.78, 5) is 26.5. The molecular formula is C8H13NO4. The fraction of sp³-hybridized carbons (Fsp3) is 0.625. The molecule has 0 amide bonds. The third kappa shape index (κ3) is 3.68. The van der Waals surface area contributed by atoms with Gasteiger partial charge in [-0.15, -0.1) is 0 Å². The maximum atomic E-state index is 11.1. The zero-order valence-corrected chi connectivity index (χ0v) is 7.99. The highest BCUT2D eigenvalue weighted by Crippen LogP contribution is 1.92. The van der Waals surface area contributed by atoms with Gasteiger partial charge < -0.3 is 9.57 Å². The smallest absolute Gasteiger partial charge is 0.364 e. The molecule has 74 valence electrons. The summed E-state index contributed by atoms with van der Waals surface area (Å²) in [6, 6.07) is 0. The highest BCUT2D eigenvalue weighted by molar-refractivity contribution is 6.64. The van der Waals surface area contributed by atoms with E-state index in [1.54, 1.807) is 13.8 Å². The van der Waals surface area contributed by atoms with Gasteiger partial charge in [-0.1, -0.05) is 12.1 Å². The van der Waals surface area contributed by atoms with Crippen LogP contribution < -0.4 is 0 Å². The molecule has 0 aromatic heterocycles. The Morgan fingerprint density at radius 3 is 2.31 bits per heavy atom. The van der Waals surface area contributed by atoms with Crippen LogP contribution in [0, 0.1) is 0 Å². The van der Waals surface area contributed by atoms with Crippen molar-refractivity contribution in [3.05, 3.63) is 0 Å². The third-order valence-corrected chi connectivity index (χ3v) is 1.24. The van der Waals surface area contributed by atoms with Crippen molar-refractivity contribution < 1.29 is 19.2 Å². The van der Waals surface area contributed by atoms with Crippen molar-refractivity contribution in [1.82, 2.24) is 0 Å². The number of carbonyl (C=O) groups excluding carboxylic acids is 2. The Morgan fingerprint density at radius 1 is 1.31 bits per heavy atom. The first-order valence-electron chi connectivity index (χ1n) is 3.98. The molecule has 0 fully saturated rings. The second-order valence-corrected chi connectivity index (χ2v) is 2.12. The van der Waals surface area contributed by atoms with Crippen molar-refractivity contribution in [3.8, 4) is 0 Å². The Labute approximate surface area is 76.7 Å². The van der Waals surface area contributed by atoms with Gasteiger partial charge in [0.25, 0.3) is 0 Å². The van der Waals surface area contributed by atoms with E-state index in [1.165, 1.54) is 7.11 Å². The summed E-state index contributed by atoms with van der Waals surface area (Å²) in [5.41, 5.74) is -0.285. The van der Waals surface area contributed by atoms with E-state index in [9.17, 15) is 9.59 Å². The molecule has 0 aromatic carbocycles. The molecule has 0 radical (unpaired) electrons. The zero-order chi connectivity index (χ0) is 10.3. The monoisotopic (exact) mass is 187 g/mol. The fourth-order valence-electron chi connectivity index (χ4n) is 0.660. The Balaban J connectivity index is 4.52. The zero-order valence-electron chi connectivity index (χ0n) is 7.99. The van der Waals surface area contributed by atoms with E-state index in [1.807, 2.05) is 0 Å². The number of hydrogen-bond acceptors (Lipinski definition) is 5. The predicted octanol–water partition coefficient (Wildman–Crippen LogP) is 0.531. The van der Waals surface area contributed by atoms with Crippen LogP contribution in [0.4, 0.5) is 0 Å². The molecule has 0 unspecified atom stereocenters. The molecular weight excluding hydrogens is 174 g/mol. The van der Waals surface area contributed by atoms with Gasteiger partial charge in [0.15, 0.2) is 5.78 Å². The van der Waals surface area contributed by atoms with Crippen molar-refractivity contribution in [3.63, 3.8) is 0 Å². The second-order valence-electron chi connectivity index (χ2n) is 2.12. The molecule has 5 nitrogen and oxygen atoms in total. The van der Waals surface area contributed by atoms with Crippen LogP contribution in [0.15, 0.2) is 5.16 Å². The number of oxime groups is 1. The normalized spacial score (nSPS) is 10.8. The van der Waals surface area contributed by atoms with E-state index >= 15 is 0 Å². The van der Waals surface area contributed by atoms with Crippen LogP contribution in [0.2, 0.25) is 0 Å². The van der Waals surface area contributed by atoms with Gasteiger partial charge in [-0.25, -0.2) is 4.79 Å². The van der Waals surface area contributed by atoms with E-state index in [0.717, 1.165) is 0 Å². The number of ketones is 1. The second kappa shape index (κ2) is 6.16. The Bertz CT molecular complexity index is 222. The molecule has 5 heteroatoms. The van der Waals surface area contributed by atoms with Crippen LogP contribution in [0.1, 0.15) is 20.3 Å². The first-order valence-corrected chi connectivity index (χ1v) is 3.98. The quantitative estimate of drug-likeness (QED) is 0.272. The Morgan fingerprint density at radius 2 is 1.92 bits per heavy atom. The van der Waals surface area contributed by atoms with Crippen molar-refractivity contribution in [2.45, 2.75) is 20.3 Å². The molecule has 0 aliphatic carbocycles. The first kappa shape index (κ1) is 11.6. The van der Waals surface area contributed by atoms with Gasteiger partial charge in [-0.05, 0) is 6.92 Å². The molecule has 0 aliphatic rings. The largest absolute Gasteiger partial charge is 0.461 e. The van der Waals surface area contributed by atoms with Gasteiger partial charge in [-0.2, -0.15) is 0 Å². The summed E-state index contributed by atoms with van der Waals surface area (Å²) < 4.78 is 4.61. The molecule has 0 heterocycles. The predicted molar refractivity (Wildman–Crippen MR) is 46.4 cm³/mol. The van der Waals surface area contributed by atoms with Crippen LogP contribution in [-0.4, -0.2) is 31.2 Å². The van der Waals surface area contributed by atoms with E-state index in [4.69, 9.17) is 0 Å². The van der Waals surface area contributed by atoms with Gasteiger partial charge in [0.1, 0.15) is 7.11 Å². The summed E-state index contributed by atoms with van der Waals surface area (Å²) in [7, 11) is 1.27. The van der Waals surface area contributed by atoms with Crippen molar-refractivity contribution in [1.29, 1.82) is 0 Å². The summed E-state index contributed by atoms with van der Waals surface area (Å²) in [5, 5.41) is 3.31. The number of hydrogen-bond donors (Lipinski definition) is 0. The summed E-state index contributed by atoms with van der Waals surface area (Å²) >= 11 is 0. The van der Waals surface area contributed by atoms with Crippen LogP contribution >= 0.6 is 0 Å². The summed E-state index contributed by atoms with van der Waals surface area (Å²) in [6.45, 7) is 3.49. The van der Waals surface area contributed by atoms with Gasteiger partial charge in [-0.3, -0.25) is 4.79 Å². The van der Waals surface area contributed by atoms with E-state index < -0.39 is 5.97 Å². The number of esters is 1. The van der Waals surface area contributed by atoms with Crippen LogP contribution in [0.3, 0.4) is 0 Å². The molecule has 0 aliphatic heterocycles. The van der Waals surface area contributed by atoms with Gasteiger partial charge in [0.05, 0.1) is 6.61 Å². The molecule has 0 saturated heterocycles. The lowest BCUT2D eigenvalue weighted by Gasteiger charge is -2.01. The fourth-order valence-corrected chi connectivity index (χ4v) is 0.660.